The maximum atomic E-state index is 12.0. The van der Waals surface area contributed by atoms with E-state index in [0.29, 0.717) is 17.1 Å². The predicted octanol–water partition coefficient (Wildman–Crippen LogP) is 2.05. The Labute approximate surface area is 127 Å². The Morgan fingerprint density at radius 1 is 1.00 bits per heavy atom. The van der Waals surface area contributed by atoms with Gasteiger partial charge in [-0.3, -0.25) is 4.79 Å². The molecular weight excluding hydrogens is 286 g/mol. The number of benzene rings is 2. The zero-order valence-electron chi connectivity index (χ0n) is 12.3. The van der Waals surface area contributed by atoms with Gasteiger partial charge in [0.2, 0.25) is 0 Å². The van der Waals surface area contributed by atoms with E-state index >= 15 is 0 Å². The van der Waals surface area contributed by atoms with Gasteiger partial charge in [0.15, 0.2) is 23.0 Å². The molecule has 0 saturated carbocycles. The lowest BCUT2D eigenvalue weighted by molar-refractivity contribution is 0.0950. The molecule has 0 saturated heterocycles. The van der Waals surface area contributed by atoms with Crippen LogP contribution in [0.3, 0.4) is 0 Å². The third kappa shape index (κ3) is 3.41. The van der Waals surface area contributed by atoms with Crippen molar-refractivity contribution >= 4 is 5.91 Å². The molecule has 0 radical (unpaired) electrons. The first-order valence-corrected chi connectivity index (χ1v) is 6.56. The number of hydrogen-bond donors (Lipinski definition) is 3. The predicted molar refractivity (Wildman–Crippen MR) is 80.5 cm³/mol. The highest BCUT2D eigenvalue weighted by molar-refractivity contribution is 5.94. The summed E-state index contributed by atoms with van der Waals surface area (Å²) < 4.78 is 9.94. The summed E-state index contributed by atoms with van der Waals surface area (Å²) in [6, 6.07) is 9.24. The number of rotatable bonds is 5. The summed E-state index contributed by atoms with van der Waals surface area (Å²) >= 11 is 0. The van der Waals surface area contributed by atoms with E-state index in [1.807, 2.05) is 0 Å². The highest BCUT2D eigenvalue weighted by Gasteiger charge is 2.10. The van der Waals surface area contributed by atoms with Crippen molar-refractivity contribution in [1.82, 2.24) is 5.32 Å². The average molecular weight is 303 g/mol. The van der Waals surface area contributed by atoms with Gasteiger partial charge in [-0.15, -0.1) is 0 Å². The zero-order valence-corrected chi connectivity index (χ0v) is 12.3. The molecule has 116 valence electrons. The van der Waals surface area contributed by atoms with Gasteiger partial charge in [0.25, 0.3) is 5.91 Å². The minimum absolute atomic E-state index is 0.0395. The third-order valence-electron chi connectivity index (χ3n) is 3.14. The molecule has 1 amide bonds. The van der Waals surface area contributed by atoms with Crippen LogP contribution in [0.4, 0.5) is 0 Å². The van der Waals surface area contributed by atoms with Crippen molar-refractivity contribution in [2.24, 2.45) is 0 Å². The lowest BCUT2D eigenvalue weighted by Gasteiger charge is -2.09. The fourth-order valence-corrected chi connectivity index (χ4v) is 1.95. The number of ether oxygens (including phenoxy) is 2. The average Bonchev–Trinajstić information content (AvgIpc) is 2.53. The van der Waals surface area contributed by atoms with Gasteiger partial charge in [-0.25, -0.2) is 0 Å². The molecule has 0 unspecified atom stereocenters. The van der Waals surface area contributed by atoms with Gasteiger partial charge in [-0.1, -0.05) is 6.07 Å². The summed E-state index contributed by atoms with van der Waals surface area (Å²) in [6.07, 6.45) is 0. The van der Waals surface area contributed by atoms with Crippen LogP contribution in [0, 0.1) is 0 Å². The second-order valence-electron chi connectivity index (χ2n) is 4.58. The lowest BCUT2D eigenvalue weighted by atomic mass is 10.1. The van der Waals surface area contributed by atoms with Crippen molar-refractivity contribution in [3.8, 4) is 23.0 Å². The summed E-state index contributed by atoms with van der Waals surface area (Å²) in [5.41, 5.74) is 1.10. The maximum Gasteiger partial charge on any atom is 0.251 e. The molecule has 22 heavy (non-hydrogen) atoms. The summed E-state index contributed by atoms with van der Waals surface area (Å²) in [5.74, 6) is 0.262. The number of nitrogens with one attached hydrogen (secondary N) is 1. The van der Waals surface area contributed by atoms with Gasteiger partial charge < -0.3 is 25.0 Å². The standard InChI is InChI=1S/C16H17NO5/c1-21-14-6-4-11(8-13(14)19)16(20)17-9-10-3-5-12(18)15(7-10)22-2/h3-8,18-19H,9H2,1-2H3,(H,17,20). The second kappa shape index (κ2) is 6.71. The highest BCUT2D eigenvalue weighted by Crippen LogP contribution is 2.27. The van der Waals surface area contributed by atoms with Gasteiger partial charge in [0, 0.05) is 12.1 Å². The number of hydrogen-bond acceptors (Lipinski definition) is 5. The molecular formula is C16H17NO5. The summed E-state index contributed by atoms with van der Waals surface area (Å²) in [4.78, 5) is 12.0. The molecule has 0 heterocycles. The first kappa shape index (κ1) is 15.5. The van der Waals surface area contributed by atoms with E-state index in [0.717, 1.165) is 5.56 Å². The number of amides is 1. The van der Waals surface area contributed by atoms with Crippen LogP contribution in [0.15, 0.2) is 36.4 Å². The highest BCUT2D eigenvalue weighted by atomic mass is 16.5. The smallest absolute Gasteiger partial charge is 0.251 e. The molecule has 0 spiro atoms. The lowest BCUT2D eigenvalue weighted by Crippen LogP contribution is -2.22. The molecule has 6 heteroatoms. The molecule has 0 aromatic heterocycles. The first-order chi connectivity index (χ1) is 10.5. The molecule has 6 nitrogen and oxygen atoms in total. The minimum Gasteiger partial charge on any atom is -0.504 e. The van der Waals surface area contributed by atoms with Gasteiger partial charge >= 0.3 is 0 Å². The monoisotopic (exact) mass is 303 g/mol. The molecule has 3 N–H and O–H groups in total. The van der Waals surface area contributed by atoms with Crippen LogP contribution in [0.5, 0.6) is 23.0 Å². The molecule has 0 atom stereocenters. The van der Waals surface area contributed by atoms with Crippen LogP contribution < -0.4 is 14.8 Å². The van der Waals surface area contributed by atoms with E-state index in [4.69, 9.17) is 9.47 Å². The van der Waals surface area contributed by atoms with E-state index < -0.39 is 0 Å². The molecule has 2 rings (SSSR count). The Kier molecular flexibility index (Phi) is 4.73. The topological polar surface area (TPSA) is 88.0 Å². The van der Waals surface area contributed by atoms with Crippen LogP contribution in [0.2, 0.25) is 0 Å². The van der Waals surface area contributed by atoms with Crippen molar-refractivity contribution in [2.45, 2.75) is 6.54 Å². The van der Waals surface area contributed by atoms with E-state index in [2.05, 4.69) is 5.32 Å². The SMILES string of the molecule is COc1ccc(C(=O)NCc2ccc(O)c(OC)c2)cc1O. The summed E-state index contributed by atoms with van der Waals surface area (Å²) in [7, 11) is 2.89. The van der Waals surface area contributed by atoms with Crippen LogP contribution in [0.25, 0.3) is 0 Å². The van der Waals surface area contributed by atoms with Crippen LogP contribution in [-0.2, 0) is 6.54 Å². The van der Waals surface area contributed by atoms with E-state index in [1.165, 1.54) is 32.4 Å². The zero-order chi connectivity index (χ0) is 16.1. The third-order valence-corrected chi connectivity index (χ3v) is 3.14. The Morgan fingerprint density at radius 3 is 2.36 bits per heavy atom. The van der Waals surface area contributed by atoms with Crippen molar-refractivity contribution in [1.29, 1.82) is 0 Å². The number of phenols is 2. The van der Waals surface area contributed by atoms with E-state index in [9.17, 15) is 15.0 Å². The minimum atomic E-state index is -0.329. The molecule has 0 bridgehead atoms. The molecule has 2 aromatic carbocycles. The van der Waals surface area contributed by atoms with Gasteiger partial charge in [0.05, 0.1) is 14.2 Å². The maximum absolute atomic E-state index is 12.0. The first-order valence-electron chi connectivity index (χ1n) is 6.56. The molecule has 0 aliphatic heterocycles. The quantitative estimate of drug-likeness (QED) is 0.787. The normalized spacial score (nSPS) is 10.1. The van der Waals surface area contributed by atoms with Crippen LogP contribution in [-0.4, -0.2) is 30.3 Å². The number of phenolic OH excluding ortho intramolecular Hbond substituents is 2. The Bertz CT molecular complexity index is 684. The van der Waals surface area contributed by atoms with Gasteiger partial charge in [0.1, 0.15) is 0 Å². The fraction of sp³-hybridized carbons (Fsp3) is 0.188. The van der Waals surface area contributed by atoms with Crippen LogP contribution >= 0.6 is 0 Å². The largest absolute Gasteiger partial charge is 0.504 e. The molecule has 0 fully saturated rings. The van der Waals surface area contributed by atoms with Gasteiger partial charge in [-0.05, 0) is 35.9 Å². The van der Waals surface area contributed by atoms with Crippen molar-refractivity contribution < 1.29 is 24.5 Å². The Balaban J connectivity index is 2.05. The fourth-order valence-electron chi connectivity index (χ4n) is 1.95. The number of methoxy groups -OCH3 is 2. The second-order valence-corrected chi connectivity index (χ2v) is 4.58. The molecule has 0 aliphatic carbocycles. The van der Waals surface area contributed by atoms with E-state index in [1.54, 1.807) is 18.2 Å². The molecule has 0 aliphatic rings. The number of carbonyl (C=O) groups excluding carboxylic acids is 1. The summed E-state index contributed by atoms with van der Waals surface area (Å²) in [6.45, 7) is 0.266. The van der Waals surface area contributed by atoms with Crippen molar-refractivity contribution in [3.63, 3.8) is 0 Å². The Hall–Kier alpha value is -2.89. The molecule has 2 aromatic rings. The number of carbonyl (C=O) groups is 1. The Morgan fingerprint density at radius 2 is 1.73 bits per heavy atom. The summed E-state index contributed by atoms with van der Waals surface area (Å²) in [5, 5.41) is 21.9. The van der Waals surface area contributed by atoms with E-state index in [-0.39, 0.29) is 24.0 Å². The van der Waals surface area contributed by atoms with Crippen LogP contribution in [0.1, 0.15) is 15.9 Å². The van der Waals surface area contributed by atoms with Crippen molar-refractivity contribution in [2.75, 3.05) is 14.2 Å². The van der Waals surface area contributed by atoms with Crippen molar-refractivity contribution in [3.05, 3.63) is 47.5 Å². The number of aromatic hydroxyl groups is 2. The van der Waals surface area contributed by atoms with Gasteiger partial charge in [-0.2, -0.15) is 0 Å².